The van der Waals surface area contributed by atoms with Crippen molar-refractivity contribution in [2.24, 2.45) is 0 Å². The zero-order valence-electron chi connectivity index (χ0n) is 10.8. The molecule has 0 aliphatic rings. The highest BCUT2D eigenvalue weighted by Crippen LogP contribution is 2.30. The van der Waals surface area contributed by atoms with Gasteiger partial charge < -0.3 is 9.64 Å². The summed E-state index contributed by atoms with van der Waals surface area (Å²) in [6, 6.07) is 3.70. The number of ether oxygens (including phenoxy) is 1. The van der Waals surface area contributed by atoms with E-state index in [0.29, 0.717) is 11.4 Å². The number of hydrogen-bond acceptors (Lipinski definition) is 3. The zero-order chi connectivity index (χ0) is 13.2. The molecule has 0 bridgehead atoms. The molecule has 0 atom stereocenters. The van der Waals surface area contributed by atoms with Crippen LogP contribution in [-0.4, -0.2) is 25.8 Å². The quantitative estimate of drug-likeness (QED) is 0.751. The normalized spacial score (nSPS) is 9.94. The van der Waals surface area contributed by atoms with Gasteiger partial charge in [0, 0.05) is 14.0 Å². The number of Topliss-reactive ketones (excluding diaryl/α,β-unsaturated/α-hetero) is 1. The Morgan fingerprint density at radius 3 is 2.18 bits per heavy atom. The minimum absolute atomic E-state index is 0.493. The third-order valence-corrected chi connectivity index (χ3v) is 2.76. The van der Waals surface area contributed by atoms with Gasteiger partial charge >= 0.3 is 0 Å². The van der Waals surface area contributed by atoms with Crippen molar-refractivity contribution < 1.29 is 14.3 Å². The van der Waals surface area contributed by atoms with Gasteiger partial charge in [-0.3, -0.25) is 9.59 Å². The maximum Gasteiger partial charge on any atom is 0.293 e. The highest BCUT2D eigenvalue weighted by atomic mass is 16.5. The number of ketones is 1. The molecule has 0 heterocycles. The number of likely N-dealkylation sites (N-methyl/N-ethyl adjacent to an activating group) is 1. The van der Waals surface area contributed by atoms with E-state index >= 15 is 0 Å². The van der Waals surface area contributed by atoms with Gasteiger partial charge in [0.2, 0.25) is 5.78 Å². The number of carbonyl (C=O) groups excluding carboxylic acids is 2. The van der Waals surface area contributed by atoms with Crippen LogP contribution in [0.1, 0.15) is 18.1 Å². The van der Waals surface area contributed by atoms with Gasteiger partial charge in [-0.05, 0) is 37.1 Å². The van der Waals surface area contributed by atoms with Crippen molar-refractivity contribution in [3.8, 4) is 5.75 Å². The molecule has 0 aliphatic heterocycles. The molecule has 17 heavy (non-hydrogen) atoms. The molecule has 1 aromatic rings. The number of amides is 1. The molecule has 0 fully saturated rings. The number of methoxy groups -OCH3 is 1. The first kappa shape index (κ1) is 13.2. The monoisotopic (exact) mass is 235 g/mol. The van der Waals surface area contributed by atoms with Crippen LogP contribution in [0.25, 0.3) is 0 Å². The van der Waals surface area contributed by atoms with Crippen LogP contribution in [-0.2, 0) is 9.59 Å². The topological polar surface area (TPSA) is 46.6 Å². The molecule has 0 aliphatic carbocycles. The van der Waals surface area contributed by atoms with E-state index in [9.17, 15) is 9.59 Å². The van der Waals surface area contributed by atoms with Crippen LogP contribution < -0.4 is 9.64 Å². The molecule has 0 aromatic heterocycles. The van der Waals surface area contributed by atoms with Crippen molar-refractivity contribution in [3.63, 3.8) is 0 Å². The van der Waals surface area contributed by atoms with Crippen molar-refractivity contribution in [1.29, 1.82) is 0 Å². The van der Waals surface area contributed by atoms with Gasteiger partial charge in [0.05, 0.1) is 12.8 Å². The Morgan fingerprint density at radius 2 is 1.71 bits per heavy atom. The smallest absolute Gasteiger partial charge is 0.293 e. The minimum Gasteiger partial charge on any atom is -0.495 e. The molecule has 0 N–H and O–H groups in total. The predicted molar refractivity (Wildman–Crippen MR) is 66.6 cm³/mol. The van der Waals surface area contributed by atoms with Crippen LogP contribution >= 0.6 is 0 Å². The van der Waals surface area contributed by atoms with Crippen molar-refractivity contribution in [1.82, 2.24) is 0 Å². The van der Waals surface area contributed by atoms with Crippen LogP contribution in [0.3, 0.4) is 0 Å². The van der Waals surface area contributed by atoms with Crippen molar-refractivity contribution >= 4 is 17.4 Å². The summed E-state index contributed by atoms with van der Waals surface area (Å²) in [6.07, 6.45) is 0. The summed E-state index contributed by atoms with van der Waals surface area (Å²) in [5, 5.41) is 0. The molecule has 1 aromatic carbocycles. The molecule has 1 rings (SSSR count). The summed E-state index contributed by atoms with van der Waals surface area (Å²) >= 11 is 0. The Hall–Kier alpha value is -1.84. The van der Waals surface area contributed by atoms with E-state index in [4.69, 9.17) is 4.74 Å². The molecule has 92 valence electrons. The Bertz CT molecular complexity index is 466. The Kier molecular flexibility index (Phi) is 3.89. The fourth-order valence-electron chi connectivity index (χ4n) is 1.55. The van der Waals surface area contributed by atoms with E-state index in [1.54, 1.807) is 14.2 Å². The Morgan fingerprint density at radius 1 is 1.18 bits per heavy atom. The predicted octanol–water partition coefficient (Wildman–Crippen LogP) is 1.86. The SMILES string of the molecule is COc1cc(C)c(C)cc1N(C)C(=O)C(C)=O. The van der Waals surface area contributed by atoms with E-state index < -0.39 is 11.7 Å². The van der Waals surface area contributed by atoms with Crippen LogP contribution in [0.4, 0.5) is 5.69 Å². The standard InChI is InChI=1S/C13H17NO3/c1-8-6-11(12(17-5)7-9(8)2)14(4)13(16)10(3)15/h6-7H,1-5H3. The summed E-state index contributed by atoms with van der Waals surface area (Å²) in [6.45, 7) is 5.17. The molecule has 4 nitrogen and oxygen atoms in total. The minimum atomic E-state index is -0.549. The Labute approximate surface area is 101 Å². The molecule has 4 heteroatoms. The van der Waals surface area contributed by atoms with E-state index in [0.717, 1.165) is 11.1 Å². The van der Waals surface area contributed by atoms with E-state index in [2.05, 4.69) is 0 Å². The van der Waals surface area contributed by atoms with Crippen molar-refractivity contribution in [2.75, 3.05) is 19.1 Å². The van der Waals surface area contributed by atoms with Crippen molar-refractivity contribution in [3.05, 3.63) is 23.3 Å². The second-order valence-corrected chi connectivity index (χ2v) is 4.03. The number of aryl methyl sites for hydroxylation is 2. The van der Waals surface area contributed by atoms with Gasteiger partial charge in [-0.25, -0.2) is 0 Å². The second kappa shape index (κ2) is 4.99. The first-order valence-corrected chi connectivity index (χ1v) is 5.32. The first-order chi connectivity index (χ1) is 7.88. The van der Waals surface area contributed by atoms with Gasteiger partial charge in [0.1, 0.15) is 5.75 Å². The van der Waals surface area contributed by atoms with E-state index in [1.807, 2.05) is 26.0 Å². The average molecular weight is 235 g/mol. The number of rotatable bonds is 3. The molecule has 1 amide bonds. The summed E-state index contributed by atoms with van der Waals surface area (Å²) in [5.41, 5.74) is 2.73. The van der Waals surface area contributed by atoms with E-state index in [1.165, 1.54) is 11.8 Å². The molecular formula is C13H17NO3. The number of hydrogen-bond donors (Lipinski definition) is 0. The highest BCUT2D eigenvalue weighted by molar-refractivity contribution is 6.40. The third-order valence-electron chi connectivity index (χ3n) is 2.76. The lowest BCUT2D eigenvalue weighted by Gasteiger charge is -2.20. The summed E-state index contributed by atoms with van der Waals surface area (Å²) in [5.74, 6) is -0.454. The molecule has 0 saturated heterocycles. The van der Waals surface area contributed by atoms with Gasteiger partial charge in [-0.15, -0.1) is 0 Å². The third kappa shape index (κ3) is 2.64. The average Bonchev–Trinajstić information content (AvgIpc) is 2.29. The van der Waals surface area contributed by atoms with Gasteiger partial charge in [-0.1, -0.05) is 0 Å². The highest BCUT2D eigenvalue weighted by Gasteiger charge is 2.19. The fraction of sp³-hybridized carbons (Fsp3) is 0.385. The fourth-order valence-corrected chi connectivity index (χ4v) is 1.55. The van der Waals surface area contributed by atoms with Crippen molar-refractivity contribution in [2.45, 2.75) is 20.8 Å². The number of nitrogens with zero attached hydrogens (tertiary/aromatic N) is 1. The van der Waals surface area contributed by atoms with Crippen LogP contribution in [0, 0.1) is 13.8 Å². The lowest BCUT2D eigenvalue weighted by molar-refractivity contribution is -0.134. The summed E-state index contributed by atoms with van der Waals surface area (Å²) in [4.78, 5) is 24.0. The molecule has 0 radical (unpaired) electrons. The van der Waals surface area contributed by atoms with Gasteiger partial charge in [-0.2, -0.15) is 0 Å². The van der Waals surface area contributed by atoms with Crippen LogP contribution in [0.2, 0.25) is 0 Å². The van der Waals surface area contributed by atoms with Gasteiger partial charge in [0.25, 0.3) is 5.91 Å². The van der Waals surface area contributed by atoms with Gasteiger partial charge in [0.15, 0.2) is 0 Å². The summed E-state index contributed by atoms with van der Waals surface area (Å²) in [7, 11) is 3.11. The lowest BCUT2D eigenvalue weighted by atomic mass is 10.1. The maximum absolute atomic E-state index is 11.6. The Balaban J connectivity index is 3.25. The number of carbonyl (C=O) groups is 2. The summed E-state index contributed by atoms with van der Waals surface area (Å²) < 4.78 is 5.23. The maximum atomic E-state index is 11.6. The second-order valence-electron chi connectivity index (χ2n) is 4.03. The molecular weight excluding hydrogens is 218 g/mol. The zero-order valence-corrected chi connectivity index (χ0v) is 10.8. The lowest BCUT2D eigenvalue weighted by Crippen LogP contribution is -2.32. The number of anilines is 1. The largest absolute Gasteiger partial charge is 0.495 e. The van der Waals surface area contributed by atoms with Crippen LogP contribution in [0.15, 0.2) is 12.1 Å². The molecule has 0 unspecified atom stereocenters. The molecule has 0 spiro atoms. The number of benzene rings is 1. The van der Waals surface area contributed by atoms with Crippen LogP contribution in [0.5, 0.6) is 5.75 Å². The molecule has 0 saturated carbocycles. The van der Waals surface area contributed by atoms with E-state index in [-0.39, 0.29) is 0 Å². The first-order valence-electron chi connectivity index (χ1n) is 5.32.